The Morgan fingerprint density at radius 2 is 2.00 bits per heavy atom. The summed E-state index contributed by atoms with van der Waals surface area (Å²) in [6.45, 7) is 4.96. The first-order valence-electron chi connectivity index (χ1n) is 4.55. The van der Waals surface area contributed by atoms with Crippen molar-refractivity contribution in [2.45, 2.75) is 20.3 Å². The summed E-state index contributed by atoms with van der Waals surface area (Å²) in [4.78, 5) is 0. The molecule has 0 saturated heterocycles. The van der Waals surface area contributed by atoms with Crippen LogP contribution in [0.25, 0.3) is 0 Å². The number of benzene rings is 1. The molecular weight excluding hydrogens is 180 g/mol. The fourth-order valence-electron chi connectivity index (χ4n) is 1.06. The molecule has 0 aliphatic rings. The summed E-state index contributed by atoms with van der Waals surface area (Å²) >= 11 is 4.12. The number of hydrogen-bond acceptors (Lipinski definition) is 2. The molecule has 1 rings (SSSR count). The van der Waals surface area contributed by atoms with Crippen LogP contribution in [0.4, 0.5) is 0 Å². The lowest BCUT2D eigenvalue weighted by Crippen LogP contribution is -1.98. The quantitative estimate of drug-likeness (QED) is 0.575. The first kappa shape index (κ1) is 10.5. The van der Waals surface area contributed by atoms with E-state index in [0.717, 1.165) is 24.5 Å². The average Bonchev–Trinajstić information content (AvgIpc) is 2.12. The molecule has 0 spiro atoms. The van der Waals surface area contributed by atoms with Crippen LogP contribution < -0.4 is 4.74 Å². The van der Waals surface area contributed by atoms with Gasteiger partial charge in [0.15, 0.2) is 0 Å². The molecule has 1 nitrogen and oxygen atoms in total. The van der Waals surface area contributed by atoms with Crippen LogP contribution in [-0.4, -0.2) is 12.4 Å². The number of rotatable bonds is 4. The van der Waals surface area contributed by atoms with E-state index in [-0.39, 0.29) is 0 Å². The minimum absolute atomic E-state index is 0.756. The zero-order valence-corrected chi connectivity index (χ0v) is 9.10. The molecule has 2 heteroatoms. The van der Waals surface area contributed by atoms with E-state index in [9.17, 15) is 0 Å². The summed E-state index contributed by atoms with van der Waals surface area (Å²) < 4.78 is 5.53. The lowest BCUT2D eigenvalue weighted by atomic mass is 10.1. The summed E-state index contributed by atoms with van der Waals surface area (Å²) in [7, 11) is 0. The maximum absolute atomic E-state index is 5.53. The Balaban J connectivity index is 2.53. The molecule has 0 bridgehead atoms. The van der Waals surface area contributed by atoms with E-state index in [1.165, 1.54) is 11.1 Å². The summed E-state index contributed by atoms with van der Waals surface area (Å²) in [6.07, 6.45) is 0.996. The van der Waals surface area contributed by atoms with Crippen molar-refractivity contribution in [2.24, 2.45) is 0 Å². The molecule has 0 fully saturated rings. The van der Waals surface area contributed by atoms with Gasteiger partial charge in [0.25, 0.3) is 0 Å². The molecule has 0 N–H and O–H groups in total. The van der Waals surface area contributed by atoms with E-state index in [0.29, 0.717) is 0 Å². The fraction of sp³-hybridized carbons (Fsp3) is 0.455. The second-order valence-corrected chi connectivity index (χ2v) is 3.62. The Morgan fingerprint density at radius 1 is 1.23 bits per heavy atom. The van der Waals surface area contributed by atoms with E-state index < -0.39 is 0 Å². The minimum Gasteiger partial charge on any atom is -0.494 e. The molecule has 0 atom stereocenters. The molecule has 1 aromatic carbocycles. The van der Waals surface area contributed by atoms with Gasteiger partial charge < -0.3 is 4.74 Å². The molecule has 0 radical (unpaired) electrons. The van der Waals surface area contributed by atoms with Crippen LogP contribution in [-0.2, 0) is 0 Å². The van der Waals surface area contributed by atoms with Crippen molar-refractivity contribution in [2.75, 3.05) is 12.4 Å². The molecule has 0 saturated carbocycles. The normalized spacial score (nSPS) is 10.1. The predicted molar refractivity (Wildman–Crippen MR) is 59.9 cm³/mol. The third-order valence-corrected chi connectivity index (χ3v) is 2.37. The third-order valence-electron chi connectivity index (χ3n) is 2.05. The zero-order chi connectivity index (χ0) is 9.68. The van der Waals surface area contributed by atoms with Crippen molar-refractivity contribution in [3.8, 4) is 5.75 Å². The van der Waals surface area contributed by atoms with Crippen LogP contribution in [0.5, 0.6) is 5.75 Å². The lowest BCUT2D eigenvalue weighted by Gasteiger charge is -2.07. The highest BCUT2D eigenvalue weighted by Gasteiger charge is 1.96. The Kier molecular flexibility index (Phi) is 4.16. The SMILES string of the molecule is Cc1ccc(OCCCS)cc1C. The average molecular weight is 196 g/mol. The smallest absolute Gasteiger partial charge is 0.119 e. The molecular formula is C11H16OS. The highest BCUT2D eigenvalue weighted by atomic mass is 32.1. The topological polar surface area (TPSA) is 9.23 Å². The van der Waals surface area contributed by atoms with Crippen molar-refractivity contribution in [3.05, 3.63) is 29.3 Å². The molecule has 0 aromatic heterocycles. The summed E-state index contributed by atoms with van der Waals surface area (Å²) in [5, 5.41) is 0. The molecule has 0 heterocycles. The molecule has 1 aromatic rings. The standard InChI is InChI=1S/C11H16OS/c1-9-4-5-11(8-10(9)2)12-6-3-7-13/h4-5,8,13H,3,6-7H2,1-2H3. The molecule has 0 amide bonds. The Bertz CT molecular complexity index is 271. The Hall–Kier alpha value is -0.630. The van der Waals surface area contributed by atoms with Crippen LogP contribution in [0.3, 0.4) is 0 Å². The van der Waals surface area contributed by atoms with Crippen molar-refractivity contribution >= 4 is 12.6 Å². The summed E-state index contributed by atoms with van der Waals surface area (Å²) in [6, 6.07) is 6.18. The zero-order valence-electron chi connectivity index (χ0n) is 8.21. The Morgan fingerprint density at radius 3 is 2.62 bits per heavy atom. The largest absolute Gasteiger partial charge is 0.494 e. The van der Waals surface area contributed by atoms with E-state index in [1.54, 1.807) is 0 Å². The van der Waals surface area contributed by atoms with Crippen molar-refractivity contribution in [3.63, 3.8) is 0 Å². The van der Waals surface area contributed by atoms with Gasteiger partial charge in [-0.05, 0) is 49.3 Å². The molecule has 72 valence electrons. The van der Waals surface area contributed by atoms with Crippen molar-refractivity contribution < 1.29 is 4.74 Å². The van der Waals surface area contributed by atoms with Crippen LogP contribution in [0, 0.1) is 13.8 Å². The van der Waals surface area contributed by atoms with Gasteiger partial charge in [0.2, 0.25) is 0 Å². The highest BCUT2D eigenvalue weighted by Crippen LogP contribution is 2.16. The number of hydrogen-bond donors (Lipinski definition) is 1. The van der Waals surface area contributed by atoms with Gasteiger partial charge in [-0.3, -0.25) is 0 Å². The van der Waals surface area contributed by atoms with Gasteiger partial charge >= 0.3 is 0 Å². The van der Waals surface area contributed by atoms with Gasteiger partial charge in [-0.2, -0.15) is 12.6 Å². The van der Waals surface area contributed by atoms with E-state index >= 15 is 0 Å². The second kappa shape index (κ2) is 5.18. The van der Waals surface area contributed by atoms with E-state index in [4.69, 9.17) is 4.74 Å². The molecule has 0 aliphatic heterocycles. The van der Waals surface area contributed by atoms with Gasteiger partial charge in [0.1, 0.15) is 5.75 Å². The second-order valence-electron chi connectivity index (χ2n) is 3.17. The third kappa shape index (κ3) is 3.31. The van der Waals surface area contributed by atoms with Gasteiger partial charge in [0, 0.05) is 0 Å². The number of thiol groups is 1. The first-order valence-corrected chi connectivity index (χ1v) is 5.18. The van der Waals surface area contributed by atoms with Gasteiger partial charge in [-0.1, -0.05) is 6.07 Å². The van der Waals surface area contributed by atoms with Crippen molar-refractivity contribution in [1.29, 1.82) is 0 Å². The minimum atomic E-state index is 0.756. The van der Waals surface area contributed by atoms with Crippen LogP contribution in [0.1, 0.15) is 17.5 Å². The van der Waals surface area contributed by atoms with Crippen LogP contribution >= 0.6 is 12.6 Å². The van der Waals surface area contributed by atoms with Crippen LogP contribution in [0.2, 0.25) is 0 Å². The molecule has 0 unspecified atom stereocenters. The maximum atomic E-state index is 5.53. The Labute approximate surface area is 85.5 Å². The number of ether oxygens (including phenoxy) is 1. The number of aryl methyl sites for hydroxylation is 2. The van der Waals surface area contributed by atoms with Gasteiger partial charge in [-0.25, -0.2) is 0 Å². The van der Waals surface area contributed by atoms with Gasteiger partial charge in [0.05, 0.1) is 6.61 Å². The predicted octanol–water partition coefficient (Wildman–Crippen LogP) is 3.00. The lowest BCUT2D eigenvalue weighted by molar-refractivity contribution is 0.318. The monoisotopic (exact) mass is 196 g/mol. The van der Waals surface area contributed by atoms with E-state index in [1.807, 2.05) is 6.07 Å². The molecule has 13 heavy (non-hydrogen) atoms. The van der Waals surface area contributed by atoms with Crippen LogP contribution in [0.15, 0.2) is 18.2 Å². The highest BCUT2D eigenvalue weighted by molar-refractivity contribution is 7.80. The molecule has 0 aliphatic carbocycles. The van der Waals surface area contributed by atoms with Gasteiger partial charge in [-0.15, -0.1) is 0 Å². The van der Waals surface area contributed by atoms with Crippen molar-refractivity contribution in [1.82, 2.24) is 0 Å². The summed E-state index contributed by atoms with van der Waals surface area (Å²) in [5.41, 5.74) is 2.59. The summed E-state index contributed by atoms with van der Waals surface area (Å²) in [5.74, 6) is 1.84. The van der Waals surface area contributed by atoms with E-state index in [2.05, 4.69) is 38.6 Å². The fourth-order valence-corrected chi connectivity index (χ4v) is 1.19. The first-order chi connectivity index (χ1) is 6.24. The maximum Gasteiger partial charge on any atom is 0.119 e.